The minimum atomic E-state index is 0.501. The molecule has 0 radical (unpaired) electrons. The summed E-state index contributed by atoms with van der Waals surface area (Å²) in [7, 11) is 0. The molecule has 0 fully saturated rings. The molecule has 0 atom stereocenters. The number of hydrogen-bond donors (Lipinski definition) is 0. The summed E-state index contributed by atoms with van der Waals surface area (Å²) >= 11 is 5.27. The summed E-state index contributed by atoms with van der Waals surface area (Å²) in [6, 6.07) is 0. The summed E-state index contributed by atoms with van der Waals surface area (Å²) in [5.41, 5.74) is 0.537. The first-order chi connectivity index (χ1) is 3.31. The molecule has 0 aromatic rings. The van der Waals surface area contributed by atoms with Crippen molar-refractivity contribution in [3.63, 3.8) is 0 Å². The third-order valence-electron chi connectivity index (χ3n) is 0.541. The first-order valence-corrected chi connectivity index (χ1v) is 2.46. The standard InChI is InChI=1S/C5H6ClN/c1-5(7-2)3-4-6/h1,3-4H2. The van der Waals surface area contributed by atoms with E-state index in [-0.39, 0.29) is 0 Å². The van der Waals surface area contributed by atoms with Crippen LogP contribution in [0.1, 0.15) is 6.42 Å². The van der Waals surface area contributed by atoms with Gasteiger partial charge in [-0.2, -0.15) is 0 Å². The van der Waals surface area contributed by atoms with Gasteiger partial charge >= 0.3 is 0 Å². The van der Waals surface area contributed by atoms with E-state index in [1.165, 1.54) is 0 Å². The lowest BCUT2D eigenvalue weighted by Crippen LogP contribution is -1.72. The summed E-state index contributed by atoms with van der Waals surface area (Å²) in [6.07, 6.45) is 0.616. The van der Waals surface area contributed by atoms with Crippen LogP contribution in [0.5, 0.6) is 0 Å². The van der Waals surface area contributed by atoms with E-state index in [0.29, 0.717) is 18.0 Å². The Kier molecular flexibility index (Phi) is 3.45. The van der Waals surface area contributed by atoms with Crippen LogP contribution in [0.3, 0.4) is 0 Å². The maximum absolute atomic E-state index is 6.38. The van der Waals surface area contributed by atoms with Crippen LogP contribution in [-0.4, -0.2) is 5.88 Å². The van der Waals surface area contributed by atoms with Crippen LogP contribution in [0.2, 0.25) is 0 Å². The molecule has 0 aromatic heterocycles. The molecular formula is C5H6ClN. The van der Waals surface area contributed by atoms with Crippen LogP contribution in [-0.2, 0) is 0 Å². The maximum atomic E-state index is 6.38. The molecule has 0 aliphatic rings. The minimum Gasteiger partial charge on any atom is -0.243 e. The number of halogens is 1. The van der Waals surface area contributed by atoms with Gasteiger partial charge in [-0.25, -0.2) is 4.85 Å². The fourth-order valence-corrected chi connectivity index (χ4v) is 0.383. The Labute approximate surface area is 48.4 Å². The predicted molar refractivity (Wildman–Crippen MR) is 31.1 cm³/mol. The van der Waals surface area contributed by atoms with E-state index in [4.69, 9.17) is 18.2 Å². The molecule has 0 N–H and O–H groups in total. The molecule has 0 rings (SSSR count). The van der Waals surface area contributed by atoms with Gasteiger partial charge in [0.25, 0.3) is 0 Å². The van der Waals surface area contributed by atoms with Crippen molar-refractivity contribution in [1.29, 1.82) is 0 Å². The van der Waals surface area contributed by atoms with E-state index in [2.05, 4.69) is 11.4 Å². The zero-order valence-electron chi connectivity index (χ0n) is 3.95. The van der Waals surface area contributed by atoms with Crippen LogP contribution in [0.25, 0.3) is 4.85 Å². The molecule has 0 spiro atoms. The van der Waals surface area contributed by atoms with E-state index < -0.39 is 0 Å². The van der Waals surface area contributed by atoms with Crippen molar-refractivity contribution in [1.82, 2.24) is 0 Å². The normalized spacial score (nSPS) is 7.43. The predicted octanol–water partition coefficient (Wildman–Crippen LogP) is 2.05. The Morgan fingerprint density at radius 1 is 1.86 bits per heavy atom. The van der Waals surface area contributed by atoms with Crippen molar-refractivity contribution in [2.24, 2.45) is 0 Å². The molecule has 1 nitrogen and oxygen atoms in total. The monoisotopic (exact) mass is 115 g/mol. The highest BCUT2D eigenvalue weighted by Crippen LogP contribution is 1.98. The molecule has 0 heterocycles. The van der Waals surface area contributed by atoms with Gasteiger partial charge in [0.15, 0.2) is 5.70 Å². The summed E-state index contributed by atoms with van der Waals surface area (Å²) in [6.45, 7) is 9.80. The Morgan fingerprint density at radius 3 is 2.57 bits per heavy atom. The average molecular weight is 116 g/mol. The number of rotatable bonds is 2. The van der Waals surface area contributed by atoms with Crippen molar-refractivity contribution in [2.75, 3.05) is 5.88 Å². The molecule has 0 aliphatic carbocycles. The minimum absolute atomic E-state index is 0.501. The molecule has 2 heteroatoms. The van der Waals surface area contributed by atoms with Crippen molar-refractivity contribution in [3.05, 3.63) is 23.7 Å². The molecule has 0 aliphatic heterocycles. The van der Waals surface area contributed by atoms with E-state index in [9.17, 15) is 0 Å². The lowest BCUT2D eigenvalue weighted by molar-refractivity contribution is 1.17. The van der Waals surface area contributed by atoms with Crippen LogP contribution >= 0.6 is 11.6 Å². The molecule has 7 heavy (non-hydrogen) atoms. The van der Waals surface area contributed by atoms with E-state index in [1.54, 1.807) is 0 Å². The zero-order chi connectivity index (χ0) is 5.70. The van der Waals surface area contributed by atoms with Gasteiger partial charge in [-0.1, -0.05) is 6.58 Å². The van der Waals surface area contributed by atoms with Crippen molar-refractivity contribution < 1.29 is 0 Å². The van der Waals surface area contributed by atoms with Crippen LogP contribution < -0.4 is 0 Å². The molecule has 0 saturated heterocycles. The van der Waals surface area contributed by atoms with Gasteiger partial charge in [0.2, 0.25) is 0 Å². The fraction of sp³-hybridized carbons (Fsp3) is 0.400. The molecular weight excluding hydrogens is 110 g/mol. The third-order valence-corrected chi connectivity index (χ3v) is 0.730. The molecule has 0 bridgehead atoms. The second kappa shape index (κ2) is 3.70. The van der Waals surface area contributed by atoms with Gasteiger partial charge in [0.1, 0.15) is 0 Å². The van der Waals surface area contributed by atoms with Gasteiger partial charge in [0.05, 0.1) is 6.57 Å². The second-order valence-corrected chi connectivity index (χ2v) is 1.49. The number of hydrogen-bond acceptors (Lipinski definition) is 0. The summed E-state index contributed by atoms with van der Waals surface area (Å²) in [5, 5.41) is 0. The second-order valence-electron chi connectivity index (χ2n) is 1.12. The van der Waals surface area contributed by atoms with Gasteiger partial charge in [-0.15, -0.1) is 11.6 Å². The molecule has 0 amide bonds. The van der Waals surface area contributed by atoms with Crippen LogP contribution in [0.15, 0.2) is 12.3 Å². The average Bonchev–Trinajstić information content (AvgIpc) is 1.68. The smallest absolute Gasteiger partial charge is 0.159 e. The van der Waals surface area contributed by atoms with Gasteiger partial charge in [-0.05, 0) is 6.42 Å². The largest absolute Gasteiger partial charge is 0.243 e. The highest BCUT2D eigenvalue weighted by atomic mass is 35.5. The Balaban J connectivity index is 3.24. The van der Waals surface area contributed by atoms with Crippen LogP contribution in [0, 0.1) is 6.57 Å². The lowest BCUT2D eigenvalue weighted by atomic mass is 10.4. The van der Waals surface area contributed by atoms with Gasteiger partial charge in [0, 0.05) is 5.88 Å². The topological polar surface area (TPSA) is 4.36 Å². The summed E-state index contributed by atoms with van der Waals surface area (Å²) in [5.74, 6) is 0.501. The Hall–Kier alpha value is -0.480. The molecule has 38 valence electrons. The summed E-state index contributed by atoms with van der Waals surface area (Å²) in [4.78, 5) is 3.05. The van der Waals surface area contributed by atoms with E-state index >= 15 is 0 Å². The molecule has 0 saturated carbocycles. The Bertz CT molecular complexity index is 101. The van der Waals surface area contributed by atoms with Crippen molar-refractivity contribution in [3.8, 4) is 0 Å². The Morgan fingerprint density at radius 2 is 2.43 bits per heavy atom. The quantitative estimate of drug-likeness (QED) is 0.383. The SMILES string of the molecule is [C-]#[N+]C(=C)CCCl. The summed E-state index contributed by atoms with van der Waals surface area (Å²) < 4.78 is 0. The number of allylic oxidation sites excluding steroid dienone is 1. The fourth-order valence-electron chi connectivity index (χ4n) is 0.165. The van der Waals surface area contributed by atoms with Gasteiger partial charge < -0.3 is 0 Å². The lowest BCUT2D eigenvalue weighted by Gasteiger charge is -1.82. The van der Waals surface area contributed by atoms with E-state index in [1.807, 2.05) is 0 Å². The first-order valence-electron chi connectivity index (χ1n) is 1.92. The molecule has 0 aromatic carbocycles. The van der Waals surface area contributed by atoms with Crippen molar-refractivity contribution >= 4 is 11.6 Å². The van der Waals surface area contributed by atoms with Gasteiger partial charge in [-0.3, -0.25) is 0 Å². The maximum Gasteiger partial charge on any atom is 0.159 e. The van der Waals surface area contributed by atoms with Crippen molar-refractivity contribution in [2.45, 2.75) is 6.42 Å². The molecule has 0 unspecified atom stereocenters. The zero-order valence-corrected chi connectivity index (χ0v) is 4.70. The number of nitrogens with zero attached hydrogens (tertiary/aromatic N) is 1. The first kappa shape index (κ1) is 6.52. The highest BCUT2D eigenvalue weighted by molar-refractivity contribution is 6.18. The van der Waals surface area contributed by atoms with E-state index in [0.717, 1.165) is 0 Å². The van der Waals surface area contributed by atoms with Crippen LogP contribution in [0.4, 0.5) is 0 Å². The third kappa shape index (κ3) is 3.35. The number of alkyl halides is 1. The highest BCUT2D eigenvalue weighted by Gasteiger charge is 1.85.